The molecule has 0 spiro atoms. The lowest BCUT2D eigenvalue weighted by Crippen LogP contribution is -2.58. The number of methoxy groups -OCH3 is 1. The molecular formula is C13H22N2O4. The van der Waals surface area contributed by atoms with Crippen molar-refractivity contribution in [1.82, 2.24) is 10.2 Å². The summed E-state index contributed by atoms with van der Waals surface area (Å²) in [6, 6.07) is 0. The van der Waals surface area contributed by atoms with Crippen LogP contribution in [-0.2, 0) is 14.3 Å². The summed E-state index contributed by atoms with van der Waals surface area (Å²) >= 11 is 0. The molecule has 1 aliphatic heterocycles. The SMILES string of the molecule is COC(=O)CNC[C@@]1(O)CCCN(CC2CC2)C1=O. The van der Waals surface area contributed by atoms with Crippen LogP contribution in [0.4, 0.5) is 0 Å². The van der Waals surface area contributed by atoms with Gasteiger partial charge >= 0.3 is 5.97 Å². The van der Waals surface area contributed by atoms with E-state index in [0.717, 1.165) is 19.5 Å². The Balaban J connectivity index is 1.84. The van der Waals surface area contributed by atoms with Gasteiger partial charge in [0.2, 0.25) is 0 Å². The second-order valence-electron chi connectivity index (χ2n) is 5.51. The van der Waals surface area contributed by atoms with E-state index < -0.39 is 11.6 Å². The van der Waals surface area contributed by atoms with Gasteiger partial charge in [-0.2, -0.15) is 0 Å². The highest BCUT2D eigenvalue weighted by Gasteiger charge is 2.43. The molecule has 6 nitrogen and oxygen atoms in total. The molecule has 0 aromatic carbocycles. The molecule has 2 fully saturated rings. The Kier molecular flexibility index (Phi) is 4.42. The molecule has 0 aromatic rings. The quantitative estimate of drug-likeness (QED) is 0.637. The fourth-order valence-corrected chi connectivity index (χ4v) is 2.46. The molecule has 108 valence electrons. The summed E-state index contributed by atoms with van der Waals surface area (Å²) in [5.74, 6) is 0.0130. The number of piperidine rings is 1. The van der Waals surface area contributed by atoms with Crippen LogP contribution >= 0.6 is 0 Å². The van der Waals surface area contributed by atoms with Gasteiger partial charge in [-0.15, -0.1) is 0 Å². The van der Waals surface area contributed by atoms with Crippen molar-refractivity contribution in [3.63, 3.8) is 0 Å². The molecule has 2 aliphatic rings. The molecule has 1 amide bonds. The summed E-state index contributed by atoms with van der Waals surface area (Å²) in [7, 11) is 1.31. The minimum atomic E-state index is -1.37. The summed E-state index contributed by atoms with van der Waals surface area (Å²) < 4.78 is 4.50. The maximum Gasteiger partial charge on any atom is 0.319 e. The largest absolute Gasteiger partial charge is 0.468 e. The van der Waals surface area contributed by atoms with Gasteiger partial charge in [-0.05, 0) is 31.6 Å². The molecule has 1 aliphatic carbocycles. The summed E-state index contributed by atoms with van der Waals surface area (Å²) in [6.45, 7) is 1.60. The normalized spacial score (nSPS) is 27.5. The maximum atomic E-state index is 12.3. The maximum absolute atomic E-state index is 12.3. The predicted molar refractivity (Wildman–Crippen MR) is 68.4 cm³/mol. The second-order valence-corrected chi connectivity index (χ2v) is 5.51. The van der Waals surface area contributed by atoms with Crippen molar-refractivity contribution in [2.45, 2.75) is 31.3 Å². The van der Waals surface area contributed by atoms with Crippen LogP contribution in [0, 0.1) is 5.92 Å². The van der Waals surface area contributed by atoms with Crippen LogP contribution in [0.5, 0.6) is 0 Å². The zero-order valence-corrected chi connectivity index (χ0v) is 11.4. The first kappa shape index (κ1) is 14.3. The van der Waals surface area contributed by atoms with E-state index in [2.05, 4.69) is 10.1 Å². The van der Waals surface area contributed by atoms with Gasteiger partial charge in [0.05, 0.1) is 13.7 Å². The summed E-state index contributed by atoms with van der Waals surface area (Å²) in [4.78, 5) is 25.0. The van der Waals surface area contributed by atoms with E-state index in [-0.39, 0.29) is 19.0 Å². The lowest BCUT2D eigenvalue weighted by atomic mass is 9.91. The molecule has 0 unspecified atom stereocenters. The van der Waals surface area contributed by atoms with Crippen LogP contribution in [0.2, 0.25) is 0 Å². The van der Waals surface area contributed by atoms with Gasteiger partial charge in [-0.25, -0.2) is 0 Å². The Morgan fingerprint density at radius 3 is 2.95 bits per heavy atom. The molecule has 0 bridgehead atoms. The summed E-state index contributed by atoms with van der Waals surface area (Å²) in [6.07, 6.45) is 3.61. The molecule has 2 rings (SSSR count). The monoisotopic (exact) mass is 270 g/mol. The second kappa shape index (κ2) is 5.88. The van der Waals surface area contributed by atoms with Crippen molar-refractivity contribution < 1.29 is 19.4 Å². The number of nitrogens with one attached hydrogen (secondary N) is 1. The molecule has 6 heteroatoms. The number of aliphatic hydroxyl groups is 1. The number of hydrogen-bond acceptors (Lipinski definition) is 5. The van der Waals surface area contributed by atoms with Gasteiger partial charge in [0.1, 0.15) is 0 Å². The zero-order chi connectivity index (χ0) is 13.9. The average Bonchev–Trinajstić information content (AvgIpc) is 3.19. The van der Waals surface area contributed by atoms with Crippen molar-refractivity contribution in [2.75, 3.05) is 33.3 Å². The summed E-state index contributed by atoms with van der Waals surface area (Å²) in [5.41, 5.74) is -1.37. The fourth-order valence-electron chi connectivity index (χ4n) is 2.46. The lowest BCUT2D eigenvalue weighted by Gasteiger charge is -2.38. The number of rotatable bonds is 6. The number of nitrogens with zero attached hydrogens (tertiary/aromatic N) is 1. The Bertz CT molecular complexity index is 357. The van der Waals surface area contributed by atoms with Gasteiger partial charge in [0.15, 0.2) is 5.60 Å². The van der Waals surface area contributed by atoms with E-state index in [9.17, 15) is 14.7 Å². The standard InChI is InChI=1S/C13H22N2O4/c1-19-11(16)7-14-9-13(18)5-2-6-15(12(13)17)8-10-3-4-10/h10,14,18H,2-9H2,1H3/t13-/m0/s1. The number of carbonyl (C=O) groups is 2. The first-order valence-corrected chi connectivity index (χ1v) is 6.84. The fraction of sp³-hybridized carbons (Fsp3) is 0.846. The van der Waals surface area contributed by atoms with E-state index in [4.69, 9.17) is 0 Å². The van der Waals surface area contributed by atoms with Crippen LogP contribution in [0.3, 0.4) is 0 Å². The Labute approximate surface area is 113 Å². The van der Waals surface area contributed by atoms with Crippen LogP contribution in [0.25, 0.3) is 0 Å². The van der Waals surface area contributed by atoms with E-state index in [1.807, 2.05) is 0 Å². The molecule has 1 atom stereocenters. The number of amides is 1. The minimum absolute atomic E-state index is 0.00865. The van der Waals surface area contributed by atoms with E-state index in [1.54, 1.807) is 4.90 Å². The van der Waals surface area contributed by atoms with Gasteiger partial charge in [0.25, 0.3) is 5.91 Å². The number of ether oxygens (including phenoxy) is 1. The smallest absolute Gasteiger partial charge is 0.319 e. The van der Waals surface area contributed by atoms with Gasteiger partial charge in [0, 0.05) is 19.6 Å². The molecule has 2 N–H and O–H groups in total. The Hall–Kier alpha value is -1.14. The van der Waals surface area contributed by atoms with Crippen LogP contribution in [-0.4, -0.2) is 60.8 Å². The highest BCUT2D eigenvalue weighted by Crippen LogP contribution is 2.32. The third kappa shape index (κ3) is 3.67. The van der Waals surface area contributed by atoms with E-state index in [1.165, 1.54) is 20.0 Å². The van der Waals surface area contributed by atoms with Crippen LogP contribution in [0.1, 0.15) is 25.7 Å². The minimum Gasteiger partial charge on any atom is -0.468 e. The number of hydrogen-bond donors (Lipinski definition) is 2. The number of carbonyl (C=O) groups excluding carboxylic acids is 2. The van der Waals surface area contributed by atoms with Gasteiger partial charge in [-0.3, -0.25) is 9.59 Å². The number of likely N-dealkylation sites (tertiary alicyclic amines) is 1. The van der Waals surface area contributed by atoms with Crippen LogP contribution in [0.15, 0.2) is 0 Å². The topological polar surface area (TPSA) is 78.9 Å². The zero-order valence-electron chi connectivity index (χ0n) is 11.4. The van der Waals surface area contributed by atoms with E-state index in [0.29, 0.717) is 12.3 Å². The van der Waals surface area contributed by atoms with Gasteiger partial charge < -0.3 is 20.1 Å². The Morgan fingerprint density at radius 1 is 1.58 bits per heavy atom. The molecule has 1 saturated heterocycles. The predicted octanol–water partition coefficient (Wildman–Crippen LogP) is -0.488. The van der Waals surface area contributed by atoms with Crippen molar-refractivity contribution in [2.24, 2.45) is 5.92 Å². The lowest BCUT2D eigenvalue weighted by molar-refractivity contribution is -0.157. The molecule has 19 heavy (non-hydrogen) atoms. The third-order valence-electron chi connectivity index (χ3n) is 3.79. The molecular weight excluding hydrogens is 248 g/mol. The first-order chi connectivity index (χ1) is 9.05. The van der Waals surface area contributed by atoms with Crippen molar-refractivity contribution in [3.05, 3.63) is 0 Å². The molecule has 0 radical (unpaired) electrons. The highest BCUT2D eigenvalue weighted by molar-refractivity contribution is 5.86. The molecule has 0 aromatic heterocycles. The summed E-state index contributed by atoms with van der Waals surface area (Å²) in [5, 5.41) is 13.2. The third-order valence-corrected chi connectivity index (χ3v) is 3.79. The number of esters is 1. The molecule has 1 saturated carbocycles. The average molecular weight is 270 g/mol. The van der Waals surface area contributed by atoms with Crippen molar-refractivity contribution in [1.29, 1.82) is 0 Å². The van der Waals surface area contributed by atoms with Crippen LogP contribution < -0.4 is 5.32 Å². The van der Waals surface area contributed by atoms with Gasteiger partial charge in [-0.1, -0.05) is 0 Å². The molecule has 1 heterocycles. The highest BCUT2D eigenvalue weighted by atomic mass is 16.5. The van der Waals surface area contributed by atoms with Crippen molar-refractivity contribution >= 4 is 11.9 Å². The van der Waals surface area contributed by atoms with Crippen molar-refractivity contribution in [3.8, 4) is 0 Å². The van der Waals surface area contributed by atoms with E-state index >= 15 is 0 Å². The Morgan fingerprint density at radius 2 is 2.32 bits per heavy atom. The first-order valence-electron chi connectivity index (χ1n) is 6.84.